The summed E-state index contributed by atoms with van der Waals surface area (Å²) in [5.41, 5.74) is 0.691. The van der Waals surface area contributed by atoms with Gasteiger partial charge < -0.3 is 19.3 Å². The van der Waals surface area contributed by atoms with Crippen molar-refractivity contribution in [1.29, 1.82) is 0 Å². The van der Waals surface area contributed by atoms with Crippen LogP contribution in [0.3, 0.4) is 0 Å². The van der Waals surface area contributed by atoms with Crippen LogP contribution in [0.1, 0.15) is 19.4 Å². The number of hydrogen-bond donors (Lipinski definition) is 1. The zero-order valence-corrected chi connectivity index (χ0v) is 18.1. The van der Waals surface area contributed by atoms with Crippen molar-refractivity contribution in [2.24, 2.45) is 14.1 Å². The highest BCUT2D eigenvalue weighted by Gasteiger charge is 2.23. The number of para-hydroxylation sites is 1. The smallest absolute Gasteiger partial charge is 0.332 e. The van der Waals surface area contributed by atoms with Gasteiger partial charge in [0.2, 0.25) is 5.95 Å². The van der Waals surface area contributed by atoms with Crippen LogP contribution in [0.4, 0.5) is 5.95 Å². The Bertz CT molecular complexity index is 1160. The third-order valence-corrected chi connectivity index (χ3v) is 5.29. The first-order chi connectivity index (χ1) is 14.3. The number of aliphatic hydroxyl groups excluding tert-OH is 1. The lowest BCUT2D eigenvalue weighted by Gasteiger charge is -2.22. The molecule has 3 rings (SSSR count). The number of ether oxygens (including phenoxy) is 1. The molecule has 0 bridgehead atoms. The Hall–Kier alpha value is -3.07. The predicted molar refractivity (Wildman–Crippen MR) is 116 cm³/mol. The summed E-state index contributed by atoms with van der Waals surface area (Å²) in [6, 6.07) is 7.59. The monoisotopic (exact) mass is 415 g/mol. The fourth-order valence-corrected chi connectivity index (χ4v) is 3.52. The number of nitrogens with zero attached hydrogens (tertiary/aromatic N) is 5. The van der Waals surface area contributed by atoms with E-state index in [-0.39, 0.29) is 18.7 Å². The summed E-state index contributed by atoms with van der Waals surface area (Å²) >= 11 is 0. The van der Waals surface area contributed by atoms with Crippen LogP contribution in [0, 0.1) is 6.92 Å². The number of imidazole rings is 1. The van der Waals surface area contributed by atoms with Crippen LogP contribution in [-0.2, 0) is 20.6 Å². The highest BCUT2D eigenvalue weighted by atomic mass is 16.5. The van der Waals surface area contributed by atoms with E-state index in [1.54, 1.807) is 11.6 Å². The van der Waals surface area contributed by atoms with Gasteiger partial charge in [-0.1, -0.05) is 18.2 Å². The van der Waals surface area contributed by atoms with E-state index in [0.717, 1.165) is 10.1 Å². The van der Waals surface area contributed by atoms with Crippen molar-refractivity contribution < 1.29 is 9.84 Å². The minimum Gasteiger partial charge on any atom is -0.491 e. The summed E-state index contributed by atoms with van der Waals surface area (Å²) in [4.78, 5) is 31.8. The molecule has 0 saturated heterocycles. The number of anilines is 1. The molecule has 2 heterocycles. The Balaban J connectivity index is 2.02. The third-order valence-electron chi connectivity index (χ3n) is 5.29. The zero-order chi connectivity index (χ0) is 22.0. The van der Waals surface area contributed by atoms with Crippen LogP contribution in [0.25, 0.3) is 11.2 Å². The van der Waals surface area contributed by atoms with Gasteiger partial charge in [0.15, 0.2) is 11.2 Å². The lowest BCUT2D eigenvalue weighted by Crippen LogP contribution is -2.38. The van der Waals surface area contributed by atoms with Crippen LogP contribution in [-0.4, -0.2) is 49.6 Å². The summed E-state index contributed by atoms with van der Waals surface area (Å²) in [5, 5.41) is 10.7. The highest BCUT2D eigenvalue weighted by Crippen LogP contribution is 2.21. The maximum atomic E-state index is 12.9. The molecule has 1 atom stereocenters. The van der Waals surface area contributed by atoms with E-state index in [1.165, 1.54) is 11.6 Å². The molecule has 0 spiro atoms. The van der Waals surface area contributed by atoms with Crippen molar-refractivity contribution in [3.63, 3.8) is 0 Å². The molecule has 9 nitrogen and oxygen atoms in total. The van der Waals surface area contributed by atoms with E-state index >= 15 is 0 Å². The fourth-order valence-electron chi connectivity index (χ4n) is 3.52. The highest BCUT2D eigenvalue weighted by molar-refractivity contribution is 5.74. The number of benzene rings is 1. The number of rotatable bonds is 8. The van der Waals surface area contributed by atoms with Gasteiger partial charge >= 0.3 is 5.69 Å². The van der Waals surface area contributed by atoms with Crippen molar-refractivity contribution in [2.45, 2.75) is 33.4 Å². The first kappa shape index (κ1) is 21.6. The second kappa shape index (κ2) is 8.74. The quantitative estimate of drug-likeness (QED) is 0.591. The Morgan fingerprint density at radius 3 is 2.43 bits per heavy atom. The molecule has 0 radical (unpaired) electrons. The first-order valence-corrected chi connectivity index (χ1v) is 10.1. The lowest BCUT2D eigenvalue weighted by atomic mass is 10.2. The molecule has 1 unspecified atom stereocenters. The number of aryl methyl sites for hydroxylation is 2. The molecule has 0 aliphatic rings. The average Bonchev–Trinajstić information content (AvgIpc) is 3.10. The average molecular weight is 415 g/mol. The van der Waals surface area contributed by atoms with Crippen molar-refractivity contribution in [3.8, 4) is 5.75 Å². The van der Waals surface area contributed by atoms with Gasteiger partial charge in [-0.15, -0.1) is 0 Å². The topological polar surface area (TPSA) is 94.5 Å². The second-order valence-corrected chi connectivity index (χ2v) is 7.30. The van der Waals surface area contributed by atoms with Gasteiger partial charge in [0.05, 0.1) is 6.54 Å². The summed E-state index contributed by atoms with van der Waals surface area (Å²) in [6.45, 7) is 7.43. The van der Waals surface area contributed by atoms with Gasteiger partial charge in [-0.25, -0.2) is 4.79 Å². The third kappa shape index (κ3) is 3.85. The summed E-state index contributed by atoms with van der Waals surface area (Å²) < 4.78 is 9.88. The molecule has 0 amide bonds. The van der Waals surface area contributed by atoms with Crippen LogP contribution >= 0.6 is 0 Å². The van der Waals surface area contributed by atoms with Gasteiger partial charge in [-0.3, -0.25) is 13.9 Å². The van der Waals surface area contributed by atoms with Gasteiger partial charge in [-0.05, 0) is 32.4 Å². The Morgan fingerprint density at radius 2 is 1.80 bits per heavy atom. The maximum absolute atomic E-state index is 12.9. The summed E-state index contributed by atoms with van der Waals surface area (Å²) in [5.74, 6) is 1.25. The molecule has 0 aliphatic heterocycles. The SMILES string of the molecule is CCN(CC)c1nc2c(c(=O)n(C)c(=O)n2C)n1CC(O)COc1ccccc1C. The molecular weight excluding hydrogens is 386 g/mol. The second-order valence-electron chi connectivity index (χ2n) is 7.30. The first-order valence-electron chi connectivity index (χ1n) is 10.1. The zero-order valence-electron chi connectivity index (χ0n) is 18.1. The van der Waals surface area contributed by atoms with E-state index in [2.05, 4.69) is 4.98 Å². The van der Waals surface area contributed by atoms with Crippen molar-refractivity contribution in [3.05, 3.63) is 50.7 Å². The number of fused-ring (bicyclic) bond motifs is 1. The molecule has 1 N–H and O–H groups in total. The molecular formula is C21H29N5O4. The van der Waals surface area contributed by atoms with Crippen LogP contribution in [0.15, 0.2) is 33.9 Å². The molecule has 30 heavy (non-hydrogen) atoms. The van der Waals surface area contributed by atoms with Crippen LogP contribution in [0.5, 0.6) is 5.75 Å². The molecule has 0 fully saturated rings. The molecule has 3 aromatic rings. The van der Waals surface area contributed by atoms with E-state index in [0.29, 0.717) is 30.4 Å². The molecule has 1 aromatic carbocycles. The van der Waals surface area contributed by atoms with Gasteiger partial charge in [0.1, 0.15) is 18.5 Å². The van der Waals surface area contributed by atoms with Crippen LogP contribution < -0.4 is 20.9 Å². The molecule has 2 aromatic heterocycles. The lowest BCUT2D eigenvalue weighted by molar-refractivity contribution is 0.0933. The molecule has 162 valence electrons. The Morgan fingerprint density at radius 1 is 1.13 bits per heavy atom. The molecule has 9 heteroatoms. The van der Waals surface area contributed by atoms with Gasteiger partial charge in [0, 0.05) is 27.2 Å². The largest absolute Gasteiger partial charge is 0.491 e. The van der Waals surface area contributed by atoms with Gasteiger partial charge in [0.25, 0.3) is 5.56 Å². The predicted octanol–water partition coefficient (Wildman–Crippen LogP) is 1.03. The maximum Gasteiger partial charge on any atom is 0.332 e. The Kier molecular flexibility index (Phi) is 6.31. The standard InChI is InChI=1S/C21H29N5O4/c1-6-25(7-2)20-22-18-17(19(28)24(5)21(29)23(18)4)26(20)12-15(27)13-30-16-11-9-8-10-14(16)3/h8-11,15,27H,6-7,12-13H2,1-5H3. The van der Waals surface area contributed by atoms with E-state index in [9.17, 15) is 14.7 Å². The minimum atomic E-state index is -0.877. The van der Waals surface area contributed by atoms with E-state index < -0.39 is 17.4 Å². The van der Waals surface area contributed by atoms with Crippen LogP contribution in [0.2, 0.25) is 0 Å². The fraction of sp³-hybridized carbons (Fsp3) is 0.476. The molecule has 0 saturated carbocycles. The summed E-state index contributed by atoms with van der Waals surface area (Å²) in [7, 11) is 3.03. The normalized spacial score (nSPS) is 12.3. The van der Waals surface area contributed by atoms with Crippen molar-refractivity contribution >= 4 is 17.1 Å². The van der Waals surface area contributed by atoms with Gasteiger partial charge in [-0.2, -0.15) is 4.98 Å². The van der Waals surface area contributed by atoms with E-state index in [1.807, 2.05) is 49.9 Å². The number of hydrogen-bond acceptors (Lipinski definition) is 6. The summed E-state index contributed by atoms with van der Waals surface area (Å²) in [6.07, 6.45) is -0.877. The number of aliphatic hydroxyl groups is 1. The minimum absolute atomic E-state index is 0.0638. The van der Waals surface area contributed by atoms with E-state index in [4.69, 9.17) is 4.74 Å². The van der Waals surface area contributed by atoms with Crippen molar-refractivity contribution in [2.75, 3.05) is 24.6 Å². The van der Waals surface area contributed by atoms with Crippen molar-refractivity contribution in [1.82, 2.24) is 18.7 Å². The number of aromatic nitrogens is 4. The molecule has 0 aliphatic carbocycles. The Labute approximate surface area is 174 Å².